The van der Waals surface area contributed by atoms with E-state index >= 15 is 0 Å². The van der Waals surface area contributed by atoms with E-state index in [4.69, 9.17) is 10.5 Å². The number of benzene rings is 1. The van der Waals surface area contributed by atoms with Crippen LogP contribution in [0.15, 0.2) is 24.3 Å². The predicted molar refractivity (Wildman–Crippen MR) is 60.8 cm³/mol. The maximum absolute atomic E-state index is 9.57. The molecule has 3 heteroatoms. The number of hydrogen-bond acceptors (Lipinski definition) is 3. The van der Waals surface area contributed by atoms with Gasteiger partial charge < -0.3 is 15.6 Å². The Kier molecular flexibility index (Phi) is 3.72. The van der Waals surface area contributed by atoms with Gasteiger partial charge in [-0.3, -0.25) is 0 Å². The van der Waals surface area contributed by atoms with Gasteiger partial charge in [0.15, 0.2) is 0 Å². The van der Waals surface area contributed by atoms with Crippen LogP contribution in [0.25, 0.3) is 0 Å². The zero-order valence-corrected chi connectivity index (χ0v) is 9.53. The number of aliphatic hydroxyl groups is 1. The molecule has 0 amide bonds. The summed E-state index contributed by atoms with van der Waals surface area (Å²) in [6.45, 7) is 6.18. The van der Waals surface area contributed by atoms with Gasteiger partial charge in [-0.05, 0) is 38.5 Å². The summed E-state index contributed by atoms with van der Waals surface area (Å²) in [5.74, 6) is 0.757. The first-order chi connectivity index (χ1) is 6.92. The molecule has 1 atom stereocenters. The van der Waals surface area contributed by atoms with Gasteiger partial charge in [-0.15, -0.1) is 0 Å². The number of aliphatic hydroxyl groups excluding tert-OH is 1. The standard InChI is InChI=1S/C12H19NO2/c1-12(2,3)15-10-6-4-5-9(7-10)11(14)8-13/h4-7,11,14H,8,13H2,1-3H3/t11-/m0/s1. The first kappa shape index (κ1) is 12.0. The molecule has 0 aliphatic carbocycles. The number of ether oxygens (including phenoxy) is 1. The van der Waals surface area contributed by atoms with Crippen molar-refractivity contribution in [3.8, 4) is 5.75 Å². The summed E-state index contributed by atoms with van der Waals surface area (Å²) in [4.78, 5) is 0. The topological polar surface area (TPSA) is 55.5 Å². The highest BCUT2D eigenvalue weighted by molar-refractivity contribution is 5.30. The molecule has 3 N–H and O–H groups in total. The van der Waals surface area contributed by atoms with Gasteiger partial charge in [0.2, 0.25) is 0 Å². The molecule has 0 saturated heterocycles. The summed E-state index contributed by atoms with van der Waals surface area (Å²) in [5, 5.41) is 9.57. The van der Waals surface area contributed by atoms with E-state index in [2.05, 4.69) is 0 Å². The van der Waals surface area contributed by atoms with Crippen LogP contribution in [-0.4, -0.2) is 17.3 Å². The van der Waals surface area contributed by atoms with Crippen LogP contribution in [0.3, 0.4) is 0 Å². The van der Waals surface area contributed by atoms with Crippen LogP contribution < -0.4 is 10.5 Å². The van der Waals surface area contributed by atoms with Gasteiger partial charge in [-0.25, -0.2) is 0 Å². The Morgan fingerprint density at radius 1 is 1.40 bits per heavy atom. The minimum absolute atomic E-state index is 0.221. The van der Waals surface area contributed by atoms with Crippen molar-refractivity contribution in [2.45, 2.75) is 32.5 Å². The average molecular weight is 209 g/mol. The maximum atomic E-state index is 9.57. The highest BCUT2D eigenvalue weighted by Gasteiger charge is 2.13. The molecule has 3 nitrogen and oxygen atoms in total. The van der Waals surface area contributed by atoms with Crippen molar-refractivity contribution in [3.05, 3.63) is 29.8 Å². The molecular formula is C12H19NO2. The molecule has 0 spiro atoms. The molecule has 0 radical (unpaired) electrons. The minimum Gasteiger partial charge on any atom is -0.488 e. The van der Waals surface area contributed by atoms with Gasteiger partial charge in [0, 0.05) is 6.54 Å². The van der Waals surface area contributed by atoms with E-state index in [0.717, 1.165) is 11.3 Å². The Hall–Kier alpha value is -1.06. The maximum Gasteiger partial charge on any atom is 0.120 e. The van der Waals surface area contributed by atoms with Crippen LogP contribution in [0, 0.1) is 0 Å². The molecule has 0 aliphatic rings. The van der Waals surface area contributed by atoms with E-state index in [-0.39, 0.29) is 12.1 Å². The molecule has 15 heavy (non-hydrogen) atoms. The summed E-state index contributed by atoms with van der Waals surface area (Å²) in [6.07, 6.45) is -0.617. The third-order valence-electron chi connectivity index (χ3n) is 1.89. The minimum atomic E-state index is -0.617. The number of hydrogen-bond donors (Lipinski definition) is 2. The van der Waals surface area contributed by atoms with Crippen molar-refractivity contribution >= 4 is 0 Å². The second kappa shape index (κ2) is 4.64. The molecule has 1 rings (SSSR count). The molecule has 0 bridgehead atoms. The average Bonchev–Trinajstić information content (AvgIpc) is 2.14. The molecule has 0 aromatic heterocycles. The largest absolute Gasteiger partial charge is 0.488 e. The lowest BCUT2D eigenvalue weighted by atomic mass is 10.1. The third kappa shape index (κ3) is 3.90. The predicted octanol–water partition coefficient (Wildman–Crippen LogP) is 1.86. The molecule has 0 unspecified atom stereocenters. The van der Waals surface area contributed by atoms with Crippen LogP contribution in [0.1, 0.15) is 32.4 Å². The third-order valence-corrected chi connectivity index (χ3v) is 1.89. The Balaban J connectivity index is 2.83. The van der Waals surface area contributed by atoms with Crippen LogP contribution in [-0.2, 0) is 0 Å². The molecule has 1 aromatic rings. The summed E-state index contributed by atoms with van der Waals surface area (Å²) >= 11 is 0. The SMILES string of the molecule is CC(C)(C)Oc1cccc([C@@H](O)CN)c1. The first-order valence-electron chi connectivity index (χ1n) is 5.09. The van der Waals surface area contributed by atoms with Gasteiger partial charge in [-0.1, -0.05) is 12.1 Å². The fourth-order valence-corrected chi connectivity index (χ4v) is 1.27. The second-order valence-corrected chi connectivity index (χ2v) is 4.54. The van der Waals surface area contributed by atoms with E-state index < -0.39 is 6.10 Å². The van der Waals surface area contributed by atoms with Gasteiger partial charge >= 0.3 is 0 Å². The summed E-state index contributed by atoms with van der Waals surface area (Å²) in [6, 6.07) is 7.39. The molecule has 0 heterocycles. The zero-order chi connectivity index (χ0) is 11.5. The summed E-state index contributed by atoms with van der Waals surface area (Å²) in [7, 11) is 0. The van der Waals surface area contributed by atoms with Crippen molar-refractivity contribution in [3.63, 3.8) is 0 Å². The molecule has 1 aromatic carbocycles. The van der Waals surface area contributed by atoms with E-state index in [9.17, 15) is 5.11 Å². The monoisotopic (exact) mass is 209 g/mol. The smallest absolute Gasteiger partial charge is 0.120 e. The highest BCUT2D eigenvalue weighted by Crippen LogP contribution is 2.22. The van der Waals surface area contributed by atoms with E-state index in [1.807, 2.05) is 45.0 Å². The zero-order valence-electron chi connectivity index (χ0n) is 9.53. The van der Waals surface area contributed by atoms with Gasteiger partial charge in [0.05, 0.1) is 6.10 Å². The second-order valence-electron chi connectivity index (χ2n) is 4.54. The molecule has 0 saturated carbocycles. The Morgan fingerprint density at radius 2 is 2.07 bits per heavy atom. The van der Waals surface area contributed by atoms with Crippen molar-refractivity contribution in [2.24, 2.45) is 5.73 Å². The van der Waals surface area contributed by atoms with Crippen molar-refractivity contribution in [1.82, 2.24) is 0 Å². The fraction of sp³-hybridized carbons (Fsp3) is 0.500. The van der Waals surface area contributed by atoms with E-state index in [1.54, 1.807) is 0 Å². The van der Waals surface area contributed by atoms with Crippen LogP contribution in [0.2, 0.25) is 0 Å². The Bertz CT molecular complexity index is 318. The molecule has 84 valence electrons. The van der Waals surface area contributed by atoms with Crippen molar-refractivity contribution in [2.75, 3.05) is 6.54 Å². The first-order valence-corrected chi connectivity index (χ1v) is 5.09. The molecule has 0 fully saturated rings. The van der Waals surface area contributed by atoms with Crippen LogP contribution in [0.5, 0.6) is 5.75 Å². The van der Waals surface area contributed by atoms with Crippen LogP contribution >= 0.6 is 0 Å². The van der Waals surface area contributed by atoms with Crippen LogP contribution in [0.4, 0.5) is 0 Å². The van der Waals surface area contributed by atoms with Crippen molar-refractivity contribution < 1.29 is 9.84 Å². The van der Waals surface area contributed by atoms with Gasteiger partial charge in [0.1, 0.15) is 11.4 Å². The normalized spacial score (nSPS) is 13.7. The quantitative estimate of drug-likeness (QED) is 0.798. The highest BCUT2D eigenvalue weighted by atomic mass is 16.5. The van der Waals surface area contributed by atoms with E-state index in [1.165, 1.54) is 0 Å². The lowest BCUT2D eigenvalue weighted by Gasteiger charge is -2.22. The lowest BCUT2D eigenvalue weighted by molar-refractivity contribution is 0.129. The van der Waals surface area contributed by atoms with Crippen molar-refractivity contribution in [1.29, 1.82) is 0 Å². The number of rotatable bonds is 3. The molecular weight excluding hydrogens is 190 g/mol. The summed E-state index contributed by atoms with van der Waals surface area (Å²) in [5.41, 5.74) is 5.95. The Labute approximate surface area is 90.9 Å². The van der Waals surface area contributed by atoms with Gasteiger partial charge in [-0.2, -0.15) is 0 Å². The fourth-order valence-electron chi connectivity index (χ4n) is 1.27. The lowest BCUT2D eigenvalue weighted by Crippen LogP contribution is -2.23. The van der Waals surface area contributed by atoms with E-state index in [0.29, 0.717) is 0 Å². The number of nitrogens with two attached hydrogens (primary N) is 1. The Morgan fingerprint density at radius 3 is 2.60 bits per heavy atom. The molecule has 0 aliphatic heterocycles. The van der Waals surface area contributed by atoms with Gasteiger partial charge in [0.25, 0.3) is 0 Å². The summed E-state index contributed by atoms with van der Waals surface area (Å²) < 4.78 is 5.69.